The minimum atomic E-state index is -4.84. The number of carbonyl (C=O) groups is 2. The fourth-order valence-electron chi connectivity index (χ4n) is 1.67. The molecule has 0 aliphatic heterocycles. The average Bonchev–Trinajstić information content (AvgIpc) is 2.43. The van der Waals surface area contributed by atoms with E-state index in [1.807, 2.05) is 0 Å². The summed E-state index contributed by atoms with van der Waals surface area (Å²) in [6.07, 6.45) is -2.66. The van der Waals surface area contributed by atoms with Crippen molar-refractivity contribution in [3.05, 3.63) is 47.3 Å². The van der Waals surface area contributed by atoms with Gasteiger partial charge in [0, 0.05) is 5.56 Å². The highest BCUT2D eigenvalue weighted by molar-refractivity contribution is 6.42. The molecule has 0 aliphatic carbocycles. The molecule has 0 spiro atoms. The van der Waals surface area contributed by atoms with Gasteiger partial charge in [-0.2, -0.15) is 13.2 Å². The van der Waals surface area contributed by atoms with Crippen molar-refractivity contribution in [2.45, 2.75) is 19.1 Å². The Morgan fingerprint density at radius 2 is 2.00 bits per heavy atom. The first kappa shape index (κ1) is 17.5. The number of halogens is 4. The zero-order valence-corrected chi connectivity index (χ0v) is 11.4. The van der Waals surface area contributed by atoms with Crippen molar-refractivity contribution in [3.8, 4) is 0 Å². The molecular weight excluding hydrogens is 304 g/mol. The van der Waals surface area contributed by atoms with Crippen LogP contribution in [0.1, 0.15) is 24.1 Å². The summed E-state index contributed by atoms with van der Waals surface area (Å²) in [6, 6.07) is 1.66. The van der Waals surface area contributed by atoms with Crippen LogP contribution in [0, 0.1) is 11.2 Å². The second kappa shape index (κ2) is 6.97. The molecular formula is C14H12F4N2O2. The van der Waals surface area contributed by atoms with Gasteiger partial charge >= 0.3 is 6.18 Å². The maximum absolute atomic E-state index is 13.9. The van der Waals surface area contributed by atoms with Gasteiger partial charge in [0.25, 0.3) is 5.91 Å². The topological polar surface area (TPSA) is 70.0 Å². The number of amides is 1. The van der Waals surface area contributed by atoms with E-state index >= 15 is 0 Å². The lowest BCUT2D eigenvalue weighted by atomic mass is 10.0. The number of benzene rings is 1. The predicted octanol–water partition coefficient (Wildman–Crippen LogP) is 2.80. The Kier molecular flexibility index (Phi) is 5.56. The van der Waals surface area contributed by atoms with E-state index in [-0.39, 0.29) is 5.56 Å². The average molecular weight is 316 g/mol. The van der Waals surface area contributed by atoms with Crippen LogP contribution in [0.3, 0.4) is 0 Å². The molecule has 2 N–H and O–H groups in total. The first-order valence-electron chi connectivity index (χ1n) is 6.05. The van der Waals surface area contributed by atoms with E-state index in [1.54, 1.807) is 0 Å². The number of hydrogen-bond donors (Lipinski definition) is 2. The van der Waals surface area contributed by atoms with Gasteiger partial charge in [-0.1, -0.05) is 12.1 Å². The summed E-state index contributed by atoms with van der Waals surface area (Å²) in [5.41, 5.74) is -2.36. The minimum absolute atomic E-state index is 0.352. The highest BCUT2D eigenvalue weighted by Gasteiger charge is 2.35. The van der Waals surface area contributed by atoms with Crippen LogP contribution in [-0.4, -0.2) is 17.9 Å². The number of alkyl halides is 3. The number of allylic oxidation sites excluding steroid dienone is 1. The van der Waals surface area contributed by atoms with Gasteiger partial charge in [0.1, 0.15) is 17.8 Å². The van der Waals surface area contributed by atoms with Crippen LogP contribution < -0.4 is 5.32 Å². The first-order valence-corrected chi connectivity index (χ1v) is 6.05. The Hall–Kier alpha value is -2.51. The van der Waals surface area contributed by atoms with Crippen molar-refractivity contribution < 1.29 is 27.2 Å². The van der Waals surface area contributed by atoms with Crippen LogP contribution in [0.2, 0.25) is 0 Å². The quantitative estimate of drug-likeness (QED) is 0.379. The van der Waals surface area contributed by atoms with Crippen molar-refractivity contribution >= 4 is 17.9 Å². The lowest BCUT2D eigenvalue weighted by molar-refractivity contribution is -0.140. The van der Waals surface area contributed by atoms with Gasteiger partial charge in [-0.25, -0.2) is 4.39 Å². The van der Waals surface area contributed by atoms with Gasteiger partial charge in [0.2, 0.25) is 0 Å². The molecule has 1 rings (SSSR count). The van der Waals surface area contributed by atoms with E-state index in [1.165, 1.54) is 6.92 Å². The smallest absolute Gasteiger partial charge is 0.344 e. The standard InChI is InChI=1S/C14H12F4N2O2/c1-8(20-13(22)11(19)6-3-7-21)9-4-2-5-10(12(9)15)14(16,17)18/h2-8,19H,1H3,(H,20,22)/b6-3-,19-11?/t8-/m1/s1. The Bertz CT molecular complexity index is 624. The normalized spacial score (nSPS) is 13.0. The zero-order valence-electron chi connectivity index (χ0n) is 11.4. The molecule has 4 nitrogen and oxygen atoms in total. The molecule has 1 aromatic rings. The van der Waals surface area contributed by atoms with Crippen LogP contribution >= 0.6 is 0 Å². The number of hydrogen-bond acceptors (Lipinski definition) is 3. The van der Waals surface area contributed by atoms with Gasteiger partial charge in [-0.3, -0.25) is 15.0 Å². The number of rotatable bonds is 5. The molecule has 0 fully saturated rings. The van der Waals surface area contributed by atoms with Crippen molar-refractivity contribution in [2.75, 3.05) is 0 Å². The highest BCUT2D eigenvalue weighted by Crippen LogP contribution is 2.33. The van der Waals surface area contributed by atoms with E-state index in [9.17, 15) is 27.2 Å². The molecule has 1 amide bonds. The maximum atomic E-state index is 13.9. The van der Waals surface area contributed by atoms with Crippen LogP contribution in [-0.2, 0) is 15.8 Å². The van der Waals surface area contributed by atoms with Gasteiger partial charge in [0.05, 0.1) is 11.6 Å². The second-order valence-electron chi connectivity index (χ2n) is 4.31. The van der Waals surface area contributed by atoms with E-state index < -0.39 is 35.2 Å². The number of nitrogens with one attached hydrogen (secondary N) is 2. The third-order valence-electron chi connectivity index (χ3n) is 2.73. The van der Waals surface area contributed by atoms with E-state index in [0.717, 1.165) is 24.3 Å². The minimum Gasteiger partial charge on any atom is -0.344 e. The SMILES string of the molecule is C[C@@H](NC(=O)C(=N)/C=C\C=O)c1cccc(C(F)(F)F)c1F. The molecule has 0 saturated carbocycles. The Morgan fingerprint density at radius 3 is 2.55 bits per heavy atom. The first-order chi connectivity index (χ1) is 10.2. The largest absolute Gasteiger partial charge is 0.419 e. The summed E-state index contributed by atoms with van der Waals surface area (Å²) in [4.78, 5) is 21.7. The molecule has 0 heterocycles. The third-order valence-corrected chi connectivity index (χ3v) is 2.73. The second-order valence-corrected chi connectivity index (χ2v) is 4.31. The van der Waals surface area contributed by atoms with Crippen LogP contribution in [0.5, 0.6) is 0 Å². The monoisotopic (exact) mass is 316 g/mol. The van der Waals surface area contributed by atoms with Crippen LogP contribution in [0.25, 0.3) is 0 Å². The lowest BCUT2D eigenvalue weighted by Gasteiger charge is -2.17. The summed E-state index contributed by atoms with van der Waals surface area (Å²) in [5, 5.41) is 9.50. The van der Waals surface area contributed by atoms with Crippen LogP contribution in [0.4, 0.5) is 17.6 Å². The summed E-state index contributed by atoms with van der Waals surface area (Å²) >= 11 is 0. The predicted molar refractivity (Wildman–Crippen MR) is 70.9 cm³/mol. The van der Waals surface area contributed by atoms with E-state index in [4.69, 9.17) is 5.41 Å². The molecule has 0 aliphatic rings. The fraction of sp³-hybridized carbons (Fsp3) is 0.214. The summed E-state index contributed by atoms with van der Waals surface area (Å²) in [5.74, 6) is -2.42. The molecule has 0 bridgehead atoms. The third kappa shape index (κ3) is 4.24. The molecule has 1 aromatic carbocycles. The van der Waals surface area contributed by atoms with Gasteiger partial charge in [-0.05, 0) is 25.1 Å². The Morgan fingerprint density at radius 1 is 1.36 bits per heavy atom. The number of carbonyl (C=O) groups excluding carboxylic acids is 2. The summed E-state index contributed by atoms with van der Waals surface area (Å²) < 4.78 is 51.7. The van der Waals surface area contributed by atoms with Crippen molar-refractivity contribution in [1.82, 2.24) is 5.32 Å². The van der Waals surface area contributed by atoms with E-state index in [0.29, 0.717) is 12.4 Å². The van der Waals surface area contributed by atoms with E-state index in [2.05, 4.69) is 5.32 Å². The molecule has 1 atom stereocenters. The van der Waals surface area contributed by atoms with Crippen molar-refractivity contribution in [3.63, 3.8) is 0 Å². The highest BCUT2D eigenvalue weighted by atomic mass is 19.4. The molecule has 22 heavy (non-hydrogen) atoms. The molecule has 0 radical (unpaired) electrons. The Balaban J connectivity index is 2.98. The van der Waals surface area contributed by atoms with Gasteiger partial charge in [-0.15, -0.1) is 0 Å². The number of aldehydes is 1. The maximum Gasteiger partial charge on any atom is 0.419 e. The Labute approximate surface area is 123 Å². The summed E-state index contributed by atoms with van der Waals surface area (Å²) in [7, 11) is 0. The summed E-state index contributed by atoms with van der Waals surface area (Å²) in [6.45, 7) is 1.28. The molecule has 8 heteroatoms. The van der Waals surface area contributed by atoms with Crippen molar-refractivity contribution in [2.24, 2.45) is 0 Å². The lowest BCUT2D eigenvalue weighted by Crippen LogP contribution is -2.32. The molecule has 0 aromatic heterocycles. The van der Waals surface area contributed by atoms with Crippen LogP contribution in [0.15, 0.2) is 30.4 Å². The molecule has 0 unspecified atom stereocenters. The van der Waals surface area contributed by atoms with Crippen molar-refractivity contribution in [1.29, 1.82) is 5.41 Å². The van der Waals surface area contributed by atoms with Gasteiger partial charge < -0.3 is 5.32 Å². The molecule has 118 valence electrons. The molecule has 0 saturated heterocycles. The zero-order chi connectivity index (χ0) is 16.9. The fourth-order valence-corrected chi connectivity index (χ4v) is 1.67. The van der Waals surface area contributed by atoms with Gasteiger partial charge in [0.15, 0.2) is 0 Å².